The second-order valence-corrected chi connectivity index (χ2v) is 8.68. The number of hydrogen-bond donors (Lipinski definition) is 1. The highest BCUT2D eigenvalue weighted by atomic mass is 16.6. The van der Waals surface area contributed by atoms with Crippen molar-refractivity contribution in [2.75, 3.05) is 24.5 Å². The largest absolute Gasteiger partial charge is 0.444 e. The summed E-state index contributed by atoms with van der Waals surface area (Å²) in [4.78, 5) is 43.8. The molecule has 0 bridgehead atoms. The van der Waals surface area contributed by atoms with Gasteiger partial charge in [-0.2, -0.15) is 5.10 Å². The summed E-state index contributed by atoms with van der Waals surface area (Å²) in [6.07, 6.45) is 2.57. The molecule has 1 saturated heterocycles. The lowest BCUT2D eigenvalue weighted by Gasteiger charge is -2.29. The van der Waals surface area contributed by atoms with Crippen LogP contribution in [0.1, 0.15) is 39.3 Å². The molecule has 4 amide bonds. The van der Waals surface area contributed by atoms with Crippen LogP contribution in [0.5, 0.6) is 0 Å². The fourth-order valence-electron chi connectivity index (χ4n) is 3.65. The zero-order chi connectivity index (χ0) is 22.3. The van der Waals surface area contributed by atoms with Crippen molar-refractivity contribution in [1.29, 1.82) is 0 Å². The average molecular weight is 426 g/mol. The number of nitrogens with zero attached hydrogens (tertiary/aromatic N) is 5. The molecule has 1 N–H and O–H groups in total. The van der Waals surface area contributed by atoms with Gasteiger partial charge < -0.3 is 9.64 Å². The topological polar surface area (TPSA) is 110 Å². The zero-order valence-electron chi connectivity index (χ0n) is 18.1. The van der Waals surface area contributed by atoms with Crippen LogP contribution < -0.4 is 10.2 Å². The number of aromatic nitrogens is 3. The number of carbonyl (C=O) groups is 3. The molecule has 2 aromatic heterocycles. The Morgan fingerprint density at radius 2 is 1.94 bits per heavy atom. The van der Waals surface area contributed by atoms with E-state index in [9.17, 15) is 14.4 Å². The number of ether oxygens (including phenoxy) is 1. The van der Waals surface area contributed by atoms with E-state index in [2.05, 4.69) is 10.4 Å². The van der Waals surface area contributed by atoms with Crippen molar-refractivity contribution in [1.82, 2.24) is 25.0 Å². The number of rotatable bonds is 2. The molecule has 10 heteroatoms. The Kier molecular flexibility index (Phi) is 5.16. The molecule has 0 aromatic carbocycles. The van der Waals surface area contributed by atoms with Gasteiger partial charge in [0.1, 0.15) is 5.60 Å². The van der Waals surface area contributed by atoms with Crippen molar-refractivity contribution in [2.24, 2.45) is 7.05 Å². The minimum atomic E-state index is -0.524. The minimum Gasteiger partial charge on any atom is -0.444 e. The van der Waals surface area contributed by atoms with Crippen molar-refractivity contribution in [3.8, 4) is 0 Å². The van der Waals surface area contributed by atoms with Crippen molar-refractivity contribution in [2.45, 2.75) is 39.2 Å². The molecular weight excluding hydrogens is 400 g/mol. The lowest BCUT2D eigenvalue weighted by atomic mass is 10.0. The standard InChI is InChI=1S/C21H26N6O4/c1-21(2,3)31-20(30)26-10-7-13(8-11-26)15-6-5-14-17(22-15)25(4)24-18(14)27-12-9-16(28)23-19(27)29/h5-7H,8-12H2,1-4H3,(H,23,28,29). The van der Waals surface area contributed by atoms with Crippen LogP contribution in [0.2, 0.25) is 0 Å². The number of amides is 4. The summed E-state index contributed by atoms with van der Waals surface area (Å²) in [7, 11) is 1.77. The Morgan fingerprint density at radius 1 is 1.16 bits per heavy atom. The molecule has 4 rings (SSSR count). The van der Waals surface area contributed by atoms with Gasteiger partial charge in [0.05, 0.1) is 11.1 Å². The van der Waals surface area contributed by atoms with Gasteiger partial charge in [-0.25, -0.2) is 19.3 Å². The molecule has 31 heavy (non-hydrogen) atoms. The molecule has 10 nitrogen and oxygen atoms in total. The number of fused-ring (bicyclic) bond motifs is 1. The van der Waals surface area contributed by atoms with E-state index in [1.807, 2.05) is 39.0 Å². The van der Waals surface area contributed by atoms with Crippen LogP contribution in [0, 0.1) is 0 Å². The first-order valence-corrected chi connectivity index (χ1v) is 10.2. The maximum Gasteiger partial charge on any atom is 0.410 e. The van der Waals surface area contributed by atoms with Gasteiger partial charge in [-0.05, 0) is 44.9 Å². The Bertz CT molecular complexity index is 1100. The van der Waals surface area contributed by atoms with E-state index in [0.29, 0.717) is 31.0 Å². The maximum absolute atomic E-state index is 12.3. The lowest BCUT2D eigenvalue weighted by molar-refractivity contribution is -0.120. The molecule has 2 aliphatic heterocycles. The number of imide groups is 1. The number of aryl methyl sites for hydroxylation is 1. The molecule has 164 valence electrons. The predicted octanol–water partition coefficient (Wildman–Crippen LogP) is 2.44. The van der Waals surface area contributed by atoms with E-state index in [-0.39, 0.29) is 25.0 Å². The van der Waals surface area contributed by atoms with Crippen LogP contribution in [0.25, 0.3) is 16.6 Å². The molecule has 4 heterocycles. The number of carbonyl (C=O) groups excluding carboxylic acids is 3. The normalized spacial score (nSPS) is 17.6. The summed E-state index contributed by atoms with van der Waals surface area (Å²) in [6.45, 7) is 6.85. The van der Waals surface area contributed by atoms with E-state index in [1.54, 1.807) is 16.6 Å². The smallest absolute Gasteiger partial charge is 0.410 e. The van der Waals surface area contributed by atoms with Gasteiger partial charge in [0.2, 0.25) is 5.91 Å². The number of pyridine rings is 1. The summed E-state index contributed by atoms with van der Waals surface area (Å²) < 4.78 is 7.07. The van der Waals surface area contributed by atoms with Crippen molar-refractivity contribution in [3.05, 3.63) is 23.9 Å². The first-order valence-electron chi connectivity index (χ1n) is 10.2. The zero-order valence-corrected chi connectivity index (χ0v) is 18.1. The van der Waals surface area contributed by atoms with Gasteiger partial charge >= 0.3 is 12.1 Å². The van der Waals surface area contributed by atoms with Crippen LogP contribution >= 0.6 is 0 Å². The third-order valence-electron chi connectivity index (χ3n) is 5.17. The van der Waals surface area contributed by atoms with Crippen LogP contribution in [0.4, 0.5) is 15.4 Å². The predicted molar refractivity (Wildman–Crippen MR) is 114 cm³/mol. The lowest BCUT2D eigenvalue weighted by Crippen LogP contribution is -2.49. The average Bonchev–Trinajstić information content (AvgIpc) is 3.03. The van der Waals surface area contributed by atoms with Crippen LogP contribution in [-0.2, 0) is 16.6 Å². The highest BCUT2D eigenvalue weighted by Gasteiger charge is 2.29. The summed E-state index contributed by atoms with van der Waals surface area (Å²) in [5.74, 6) is 0.196. The number of hydrogen-bond acceptors (Lipinski definition) is 6. The van der Waals surface area contributed by atoms with Gasteiger partial charge in [0.15, 0.2) is 11.5 Å². The summed E-state index contributed by atoms with van der Waals surface area (Å²) in [5.41, 5.74) is 1.98. The minimum absolute atomic E-state index is 0.232. The third kappa shape index (κ3) is 4.23. The first-order chi connectivity index (χ1) is 14.6. The fraction of sp³-hybridized carbons (Fsp3) is 0.476. The van der Waals surface area contributed by atoms with E-state index >= 15 is 0 Å². The molecule has 0 atom stereocenters. The number of nitrogens with one attached hydrogen (secondary N) is 1. The summed E-state index contributed by atoms with van der Waals surface area (Å²) in [5, 5.41) is 7.52. The monoisotopic (exact) mass is 426 g/mol. The Balaban J connectivity index is 1.55. The molecule has 0 spiro atoms. The quantitative estimate of drug-likeness (QED) is 0.790. The third-order valence-corrected chi connectivity index (χ3v) is 5.17. The SMILES string of the molecule is Cn1nc(N2CCC(=O)NC2=O)c2ccc(C3=CCN(C(=O)OC(C)(C)C)CC3)nc21. The van der Waals surface area contributed by atoms with Crippen LogP contribution in [0.15, 0.2) is 18.2 Å². The second-order valence-electron chi connectivity index (χ2n) is 8.68. The first kappa shape index (κ1) is 20.8. The second kappa shape index (κ2) is 7.68. The van der Waals surface area contributed by atoms with Crippen LogP contribution in [0.3, 0.4) is 0 Å². The van der Waals surface area contributed by atoms with Gasteiger partial charge in [-0.1, -0.05) is 6.08 Å². The fourth-order valence-corrected chi connectivity index (χ4v) is 3.65. The van der Waals surface area contributed by atoms with E-state index in [4.69, 9.17) is 9.72 Å². The van der Waals surface area contributed by atoms with Gasteiger partial charge in [-0.15, -0.1) is 0 Å². The molecular formula is C21H26N6O4. The Morgan fingerprint density at radius 3 is 2.58 bits per heavy atom. The highest BCUT2D eigenvalue weighted by molar-refractivity contribution is 6.08. The highest BCUT2D eigenvalue weighted by Crippen LogP contribution is 2.29. The molecule has 1 fully saturated rings. The van der Waals surface area contributed by atoms with E-state index in [0.717, 1.165) is 16.7 Å². The molecule has 2 aliphatic rings. The van der Waals surface area contributed by atoms with E-state index < -0.39 is 11.6 Å². The van der Waals surface area contributed by atoms with Crippen LogP contribution in [-0.4, -0.2) is 62.9 Å². The Labute approximate surface area is 179 Å². The van der Waals surface area contributed by atoms with Gasteiger partial charge in [-0.3, -0.25) is 15.0 Å². The van der Waals surface area contributed by atoms with Gasteiger partial charge in [0.25, 0.3) is 0 Å². The maximum atomic E-state index is 12.3. The number of anilines is 1. The molecule has 0 aliphatic carbocycles. The van der Waals surface area contributed by atoms with Crippen molar-refractivity contribution < 1.29 is 19.1 Å². The Hall–Kier alpha value is -3.43. The summed E-state index contributed by atoms with van der Waals surface area (Å²) in [6, 6.07) is 3.32. The number of urea groups is 1. The summed E-state index contributed by atoms with van der Waals surface area (Å²) >= 11 is 0. The molecule has 0 radical (unpaired) electrons. The molecule has 0 unspecified atom stereocenters. The van der Waals surface area contributed by atoms with Gasteiger partial charge in [0, 0.05) is 33.1 Å². The molecule has 2 aromatic rings. The van der Waals surface area contributed by atoms with Crippen molar-refractivity contribution >= 4 is 40.5 Å². The van der Waals surface area contributed by atoms with E-state index in [1.165, 1.54) is 4.90 Å². The van der Waals surface area contributed by atoms with Crippen molar-refractivity contribution in [3.63, 3.8) is 0 Å². The molecule has 0 saturated carbocycles.